The number of ether oxygens (including phenoxy) is 2. The van der Waals surface area contributed by atoms with Crippen molar-refractivity contribution in [3.63, 3.8) is 0 Å². The first-order valence-corrected chi connectivity index (χ1v) is 5.96. The first-order chi connectivity index (χ1) is 9.13. The Kier molecular flexibility index (Phi) is 3.92. The summed E-state index contributed by atoms with van der Waals surface area (Å²) in [7, 11) is 1.57. The minimum Gasteiger partial charge on any atom is -0.493 e. The van der Waals surface area contributed by atoms with Crippen LogP contribution >= 0.6 is 0 Å². The molecule has 0 fully saturated rings. The second-order valence-corrected chi connectivity index (χ2v) is 4.26. The van der Waals surface area contributed by atoms with E-state index in [0.717, 1.165) is 16.8 Å². The third-order valence-electron chi connectivity index (χ3n) is 2.88. The smallest absolute Gasteiger partial charge is 0.169 e. The Labute approximate surface area is 112 Å². The summed E-state index contributed by atoms with van der Waals surface area (Å²) in [5.41, 5.74) is 8.24. The van der Waals surface area contributed by atoms with Crippen LogP contribution in [0.5, 0.6) is 17.2 Å². The number of rotatable bonds is 4. The first-order valence-electron chi connectivity index (χ1n) is 5.96. The van der Waals surface area contributed by atoms with Crippen molar-refractivity contribution in [2.45, 2.75) is 13.5 Å². The fourth-order valence-electron chi connectivity index (χ4n) is 1.73. The van der Waals surface area contributed by atoms with Crippen LogP contribution in [0.15, 0.2) is 36.4 Å². The predicted molar refractivity (Wildman–Crippen MR) is 74.6 cm³/mol. The topological polar surface area (TPSA) is 64.7 Å². The van der Waals surface area contributed by atoms with Crippen molar-refractivity contribution >= 4 is 5.69 Å². The summed E-state index contributed by atoms with van der Waals surface area (Å²) in [6.07, 6.45) is 0. The van der Waals surface area contributed by atoms with E-state index in [1.807, 2.05) is 19.1 Å². The normalized spacial score (nSPS) is 10.3. The third-order valence-corrected chi connectivity index (χ3v) is 2.88. The Morgan fingerprint density at radius 3 is 2.53 bits per heavy atom. The van der Waals surface area contributed by atoms with Crippen molar-refractivity contribution in [3.8, 4) is 17.2 Å². The molecule has 2 rings (SSSR count). The highest BCUT2D eigenvalue weighted by atomic mass is 16.5. The van der Waals surface area contributed by atoms with Crippen LogP contribution < -0.4 is 15.2 Å². The van der Waals surface area contributed by atoms with Gasteiger partial charge in [-0.05, 0) is 48.4 Å². The summed E-state index contributed by atoms with van der Waals surface area (Å²) < 4.78 is 11.0. The Bertz CT molecular complexity index is 582. The maximum absolute atomic E-state index is 9.09. The highest BCUT2D eigenvalue weighted by Crippen LogP contribution is 2.33. The number of aryl methyl sites for hydroxylation is 1. The van der Waals surface area contributed by atoms with Gasteiger partial charge in [-0.2, -0.15) is 0 Å². The average Bonchev–Trinajstić information content (AvgIpc) is 2.43. The molecule has 0 aliphatic heterocycles. The molecule has 0 radical (unpaired) electrons. The van der Waals surface area contributed by atoms with Crippen molar-refractivity contribution in [1.82, 2.24) is 0 Å². The lowest BCUT2D eigenvalue weighted by molar-refractivity contribution is 0.280. The largest absolute Gasteiger partial charge is 0.493 e. The fourth-order valence-corrected chi connectivity index (χ4v) is 1.73. The highest BCUT2D eigenvalue weighted by Gasteiger charge is 2.07. The van der Waals surface area contributed by atoms with Gasteiger partial charge < -0.3 is 20.3 Å². The molecule has 0 bridgehead atoms. The van der Waals surface area contributed by atoms with Crippen LogP contribution in [0.2, 0.25) is 0 Å². The zero-order valence-electron chi connectivity index (χ0n) is 11.0. The van der Waals surface area contributed by atoms with Gasteiger partial charge in [0.05, 0.1) is 13.7 Å². The van der Waals surface area contributed by atoms with Crippen LogP contribution in [0.4, 0.5) is 5.69 Å². The molecule has 2 aromatic carbocycles. The summed E-state index contributed by atoms with van der Waals surface area (Å²) in [5, 5.41) is 9.09. The molecule has 0 saturated carbocycles. The Morgan fingerprint density at radius 2 is 1.89 bits per heavy atom. The van der Waals surface area contributed by atoms with Gasteiger partial charge in [-0.3, -0.25) is 0 Å². The maximum atomic E-state index is 9.09. The Morgan fingerprint density at radius 1 is 1.11 bits per heavy atom. The maximum Gasteiger partial charge on any atom is 0.169 e. The van der Waals surface area contributed by atoms with Crippen molar-refractivity contribution in [1.29, 1.82) is 0 Å². The number of aliphatic hydroxyl groups is 1. The standard InChI is InChI=1S/C15H17NO3/c1-10-7-12(4-5-13(10)16)19-14-6-3-11(9-17)8-15(14)18-2/h3-8,17H,9,16H2,1-2H3. The molecule has 4 heteroatoms. The van der Waals surface area contributed by atoms with E-state index in [1.54, 1.807) is 31.4 Å². The van der Waals surface area contributed by atoms with E-state index in [9.17, 15) is 0 Å². The van der Waals surface area contributed by atoms with E-state index < -0.39 is 0 Å². The lowest BCUT2D eigenvalue weighted by Gasteiger charge is -2.12. The van der Waals surface area contributed by atoms with Crippen LogP contribution in [0.25, 0.3) is 0 Å². The van der Waals surface area contributed by atoms with Crippen molar-refractivity contribution in [2.75, 3.05) is 12.8 Å². The molecule has 2 aromatic rings. The molecule has 0 aliphatic rings. The van der Waals surface area contributed by atoms with Gasteiger partial charge in [-0.1, -0.05) is 6.07 Å². The van der Waals surface area contributed by atoms with E-state index in [-0.39, 0.29) is 6.61 Å². The van der Waals surface area contributed by atoms with Gasteiger partial charge in [0.1, 0.15) is 5.75 Å². The van der Waals surface area contributed by atoms with Crippen LogP contribution in [0, 0.1) is 6.92 Å². The Hall–Kier alpha value is -2.20. The minimum absolute atomic E-state index is 0.0301. The predicted octanol–water partition coefficient (Wildman–Crippen LogP) is 2.87. The molecular weight excluding hydrogens is 242 g/mol. The molecule has 0 atom stereocenters. The van der Waals surface area contributed by atoms with Gasteiger partial charge >= 0.3 is 0 Å². The number of nitrogen functional groups attached to an aromatic ring is 1. The fraction of sp³-hybridized carbons (Fsp3) is 0.200. The minimum atomic E-state index is -0.0301. The van der Waals surface area contributed by atoms with E-state index in [0.29, 0.717) is 17.2 Å². The third kappa shape index (κ3) is 2.98. The van der Waals surface area contributed by atoms with Gasteiger partial charge in [0.15, 0.2) is 11.5 Å². The molecule has 4 nitrogen and oxygen atoms in total. The molecule has 0 unspecified atom stereocenters. The van der Waals surface area contributed by atoms with Gasteiger partial charge in [-0.25, -0.2) is 0 Å². The molecular formula is C15H17NO3. The molecule has 3 N–H and O–H groups in total. The van der Waals surface area contributed by atoms with E-state index in [1.165, 1.54) is 0 Å². The molecule has 100 valence electrons. The van der Waals surface area contributed by atoms with Crippen molar-refractivity contribution in [3.05, 3.63) is 47.5 Å². The molecule has 0 aromatic heterocycles. The second-order valence-electron chi connectivity index (χ2n) is 4.26. The molecule has 0 heterocycles. The van der Waals surface area contributed by atoms with Crippen molar-refractivity contribution < 1.29 is 14.6 Å². The van der Waals surface area contributed by atoms with E-state index in [4.69, 9.17) is 20.3 Å². The van der Waals surface area contributed by atoms with Gasteiger partial charge in [-0.15, -0.1) is 0 Å². The highest BCUT2D eigenvalue weighted by molar-refractivity contribution is 5.51. The summed E-state index contributed by atoms with van der Waals surface area (Å²) >= 11 is 0. The number of nitrogens with two attached hydrogens (primary N) is 1. The SMILES string of the molecule is COc1cc(CO)ccc1Oc1ccc(N)c(C)c1. The summed E-state index contributed by atoms with van der Waals surface area (Å²) in [6, 6.07) is 10.8. The number of benzene rings is 2. The van der Waals surface area contributed by atoms with Crippen LogP contribution in [0.1, 0.15) is 11.1 Å². The quantitative estimate of drug-likeness (QED) is 0.829. The Balaban J connectivity index is 2.29. The van der Waals surface area contributed by atoms with Crippen molar-refractivity contribution in [2.24, 2.45) is 0 Å². The number of aliphatic hydroxyl groups excluding tert-OH is 1. The summed E-state index contributed by atoms with van der Waals surface area (Å²) in [5.74, 6) is 1.88. The van der Waals surface area contributed by atoms with Crippen LogP contribution in [0.3, 0.4) is 0 Å². The summed E-state index contributed by atoms with van der Waals surface area (Å²) in [4.78, 5) is 0. The van der Waals surface area contributed by atoms with E-state index in [2.05, 4.69) is 0 Å². The zero-order valence-corrected chi connectivity index (χ0v) is 11.0. The first kappa shape index (κ1) is 13.2. The molecule has 0 saturated heterocycles. The number of hydrogen-bond donors (Lipinski definition) is 2. The number of anilines is 1. The molecule has 19 heavy (non-hydrogen) atoms. The molecule has 0 spiro atoms. The monoisotopic (exact) mass is 259 g/mol. The second kappa shape index (κ2) is 5.63. The van der Waals surface area contributed by atoms with Gasteiger partial charge in [0.25, 0.3) is 0 Å². The molecule has 0 aliphatic carbocycles. The zero-order chi connectivity index (χ0) is 13.8. The van der Waals surface area contributed by atoms with Gasteiger partial charge in [0, 0.05) is 5.69 Å². The number of hydrogen-bond acceptors (Lipinski definition) is 4. The van der Waals surface area contributed by atoms with Gasteiger partial charge in [0.2, 0.25) is 0 Å². The van der Waals surface area contributed by atoms with E-state index >= 15 is 0 Å². The average molecular weight is 259 g/mol. The lowest BCUT2D eigenvalue weighted by Crippen LogP contribution is -1.94. The van der Waals surface area contributed by atoms with Crippen LogP contribution in [-0.2, 0) is 6.61 Å². The lowest BCUT2D eigenvalue weighted by atomic mass is 10.2. The molecule has 0 amide bonds. The summed E-state index contributed by atoms with van der Waals surface area (Å²) in [6.45, 7) is 1.89. The number of methoxy groups -OCH3 is 1. The van der Waals surface area contributed by atoms with Crippen LogP contribution in [-0.4, -0.2) is 12.2 Å².